The first-order chi connectivity index (χ1) is 16.7. The van der Waals surface area contributed by atoms with Crippen molar-refractivity contribution in [2.24, 2.45) is 0 Å². The molecule has 0 radical (unpaired) electrons. The predicted octanol–water partition coefficient (Wildman–Crippen LogP) is 5.97. The summed E-state index contributed by atoms with van der Waals surface area (Å²) in [4.78, 5) is 22.2. The quantitative estimate of drug-likeness (QED) is 0.358. The number of carbonyl (C=O) groups is 1. The summed E-state index contributed by atoms with van der Waals surface area (Å²) in [5.74, 6) is -0.0659. The Bertz CT molecular complexity index is 1670. The van der Waals surface area contributed by atoms with Crippen molar-refractivity contribution in [1.82, 2.24) is 14.5 Å². The summed E-state index contributed by atoms with van der Waals surface area (Å²) in [6.45, 7) is 0.640. The van der Waals surface area contributed by atoms with Crippen molar-refractivity contribution in [3.05, 3.63) is 115 Å². The van der Waals surface area contributed by atoms with Crippen molar-refractivity contribution in [1.29, 1.82) is 0 Å². The van der Waals surface area contributed by atoms with Gasteiger partial charge in [-0.3, -0.25) is 14.8 Å². The number of nitrogens with one attached hydrogen (secondary N) is 1. The number of rotatable bonds is 5. The maximum absolute atomic E-state index is 12.9. The Hall–Kier alpha value is -4.51. The van der Waals surface area contributed by atoms with Gasteiger partial charge in [0.2, 0.25) is 5.91 Å². The number of amides is 1. The number of pyridine rings is 2. The number of hydrogen-bond donors (Lipinski definition) is 1. The standard InChI is InChI=1S/C29H22N4O/c34-29(32-24-15-21-8-2-4-10-26(21)30-17-24)16-22-18-33(28-12-6-3-9-25(22)28)19-23-14-13-20-7-1-5-11-27(20)31-23/h1-15,17-18H,16,19H2,(H,32,34). The van der Waals surface area contributed by atoms with E-state index in [1.54, 1.807) is 6.20 Å². The van der Waals surface area contributed by atoms with Crippen LogP contribution in [0.2, 0.25) is 0 Å². The SMILES string of the molecule is O=C(Cc1cn(Cc2ccc3ccccc3n2)c2ccccc12)Nc1cnc2ccccc2c1. The number of para-hydroxylation sites is 3. The van der Waals surface area contributed by atoms with Gasteiger partial charge in [-0.25, -0.2) is 0 Å². The highest BCUT2D eigenvalue weighted by molar-refractivity contribution is 5.97. The van der Waals surface area contributed by atoms with Gasteiger partial charge in [0, 0.05) is 27.9 Å². The summed E-state index contributed by atoms with van der Waals surface area (Å²) in [6, 6.07) is 30.3. The summed E-state index contributed by atoms with van der Waals surface area (Å²) in [5, 5.41) is 6.21. The van der Waals surface area contributed by atoms with Crippen LogP contribution in [0.1, 0.15) is 11.3 Å². The van der Waals surface area contributed by atoms with Gasteiger partial charge >= 0.3 is 0 Å². The summed E-state index contributed by atoms with van der Waals surface area (Å²) in [6.07, 6.45) is 4.06. The molecule has 0 aliphatic rings. The van der Waals surface area contributed by atoms with E-state index in [2.05, 4.69) is 51.4 Å². The fourth-order valence-corrected chi connectivity index (χ4v) is 4.48. The molecule has 0 saturated heterocycles. The molecule has 0 spiro atoms. The molecule has 0 fully saturated rings. The van der Waals surface area contributed by atoms with Crippen LogP contribution in [0, 0.1) is 0 Å². The second-order valence-electron chi connectivity index (χ2n) is 8.44. The number of anilines is 1. The minimum atomic E-state index is -0.0659. The van der Waals surface area contributed by atoms with Crippen molar-refractivity contribution in [2.75, 3.05) is 5.32 Å². The van der Waals surface area contributed by atoms with Gasteiger partial charge in [0.05, 0.1) is 41.6 Å². The molecule has 1 N–H and O–H groups in total. The van der Waals surface area contributed by atoms with Gasteiger partial charge in [0.25, 0.3) is 0 Å². The molecular formula is C29H22N4O. The second-order valence-corrected chi connectivity index (χ2v) is 8.44. The van der Waals surface area contributed by atoms with Crippen LogP contribution in [0.5, 0.6) is 0 Å². The largest absolute Gasteiger partial charge is 0.341 e. The van der Waals surface area contributed by atoms with Crippen molar-refractivity contribution in [3.63, 3.8) is 0 Å². The molecule has 0 unspecified atom stereocenters. The lowest BCUT2D eigenvalue weighted by Gasteiger charge is -2.06. The minimum Gasteiger partial charge on any atom is -0.341 e. The Kier molecular flexibility index (Phi) is 5.00. The third kappa shape index (κ3) is 3.88. The molecule has 3 aromatic heterocycles. The Labute approximate surface area is 196 Å². The number of carbonyl (C=O) groups excluding carboxylic acids is 1. The molecular weight excluding hydrogens is 420 g/mol. The number of benzene rings is 3. The van der Waals surface area contributed by atoms with Crippen LogP contribution >= 0.6 is 0 Å². The lowest BCUT2D eigenvalue weighted by Crippen LogP contribution is -2.14. The van der Waals surface area contributed by atoms with Gasteiger partial charge in [-0.05, 0) is 35.9 Å². The van der Waals surface area contributed by atoms with Gasteiger partial charge in [0.15, 0.2) is 0 Å². The van der Waals surface area contributed by atoms with Crippen molar-refractivity contribution in [2.45, 2.75) is 13.0 Å². The van der Waals surface area contributed by atoms with E-state index in [4.69, 9.17) is 4.98 Å². The van der Waals surface area contributed by atoms with Gasteiger partial charge in [-0.1, -0.05) is 60.7 Å². The number of fused-ring (bicyclic) bond motifs is 3. The van der Waals surface area contributed by atoms with Gasteiger partial charge in [-0.15, -0.1) is 0 Å². The molecule has 5 nitrogen and oxygen atoms in total. The maximum atomic E-state index is 12.9. The zero-order valence-electron chi connectivity index (χ0n) is 18.5. The van der Waals surface area contributed by atoms with Crippen molar-refractivity contribution in [3.8, 4) is 0 Å². The van der Waals surface area contributed by atoms with Crippen LogP contribution in [0.25, 0.3) is 32.7 Å². The molecule has 0 saturated carbocycles. The number of hydrogen-bond acceptors (Lipinski definition) is 3. The smallest absolute Gasteiger partial charge is 0.228 e. The molecule has 0 atom stereocenters. The monoisotopic (exact) mass is 442 g/mol. The minimum absolute atomic E-state index is 0.0659. The highest BCUT2D eigenvalue weighted by atomic mass is 16.1. The molecule has 6 rings (SSSR count). The summed E-state index contributed by atoms with van der Waals surface area (Å²) in [5.41, 5.74) is 5.66. The number of aromatic nitrogens is 3. The lowest BCUT2D eigenvalue weighted by atomic mass is 10.1. The van der Waals surface area contributed by atoms with E-state index in [1.165, 1.54) is 0 Å². The van der Waals surface area contributed by atoms with E-state index in [0.29, 0.717) is 12.2 Å². The molecule has 6 aromatic rings. The molecule has 0 bridgehead atoms. The highest BCUT2D eigenvalue weighted by Crippen LogP contribution is 2.24. The fraction of sp³-hybridized carbons (Fsp3) is 0.0690. The summed E-state index contributed by atoms with van der Waals surface area (Å²) < 4.78 is 2.17. The normalized spacial score (nSPS) is 11.3. The molecule has 5 heteroatoms. The van der Waals surface area contributed by atoms with E-state index in [1.807, 2.05) is 60.7 Å². The van der Waals surface area contributed by atoms with Crippen LogP contribution < -0.4 is 5.32 Å². The molecule has 3 heterocycles. The fourth-order valence-electron chi connectivity index (χ4n) is 4.48. The summed E-state index contributed by atoms with van der Waals surface area (Å²) >= 11 is 0. The first-order valence-electron chi connectivity index (χ1n) is 11.3. The molecule has 1 amide bonds. The van der Waals surface area contributed by atoms with Gasteiger partial charge in [-0.2, -0.15) is 0 Å². The molecule has 0 aliphatic heterocycles. The van der Waals surface area contributed by atoms with E-state index in [0.717, 1.165) is 44.0 Å². The average molecular weight is 443 g/mol. The van der Waals surface area contributed by atoms with E-state index in [-0.39, 0.29) is 12.3 Å². The first kappa shape index (κ1) is 20.1. The predicted molar refractivity (Wildman–Crippen MR) is 137 cm³/mol. The van der Waals surface area contributed by atoms with E-state index in [9.17, 15) is 4.79 Å². The second kappa shape index (κ2) is 8.45. The topological polar surface area (TPSA) is 59.8 Å². The maximum Gasteiger partial charge on any atom is 0.228 e. The summed E-state index contributed by atoms with van der Waals surface area (Å²) in [7, 11) is 0. The molecule has 164 valence electrons. The zero-order valence-corrected chi connectivity index (χ0v) is 18.5. The first-order valence-corrected chi connectivity index (χ1v) is 11.3. The Balaban J connectivity index is 1.27. The van der Waals surface area contributed by atoms with E-state index >= 15 is 0 Å². The molecule has 34 heavy (non-hydrogen) atoms. The van der Waals surface area contributed by atoms with Crippen LogP contribution in [0.15, 0.2) is 103 Å². The zero-order chi connectivity index (χ0) is 22.9. The Morgan fingerprint density at radius 3 is 2.50 bits per heavy atom. The van der Waals surface area contributed by atoms with Gasteiger partial charge < -0.3 is 9.88 Å². The molecule has 0 aliphatic carbocycles. The number of nitrogens with zero attached hydrogens (tertiary/aromatic N) is 3. The molecule has 3 aromatic carbocycles. The van der Waals surface area contributed by atoms with Crippen molar-refractivity contribution < 1.29 is 4.79 Å². The third-order valence-corrected chi connectivity index (χ3v) is 6.08. The Morgan fingerprint density at radius 1 is 0.824 bits per heavy atom. The highest BCUT2D eigenvalue weighted by Gasteiger charge is 2.13. The van der Waals surface area contributed by atoms with Crippen LogP contribution in [-0.4, -0.2) is 20.4 Å². The van der Waals surface area contributed by atoms with Crippen LogP contribution in [0.4, 0.5) is 5.69 Å². The van der Waals surface area contributed by atoms with Crippen molar-refractivity contribution >= 4 is 44.3 Å². The van der Waals surface area contributed by atoms with Gasteiger partial charge in [0.1, 0.15) is 0 Å². The average Bonchev–Trinajstić information content (AvgIpc) is 3.20. The van der Waals surface area contributed by atoms with E-state index < -0.39 is 0 Å². The van der Waals surface area contributed by atoms with Crippen LogP contribution in [0.3, 0.4) is 0 Å². The third-order valence-electron chi connectivity index (χ3n) is 6.08. The Morgan fingerprint density at radius 2 is 1.59 bits per heavy atom. The lowest BCUT2D eigenvalue weighted by molar-refractivity contribution is -0.115. The van der Waals surface area contributed by atoms with Crippen LogP contribution in [-0.2, 0) is 17.8 Å².